The predicted octanol–water partition coefficient (Wildman–Crippen LogP) is 1.32. The van der Waals surface area contributed by atoms with Gasteiger partial charge < -0.3 is 5.73 Å². The van der Waals surface area contributed by atoms with Crippen molar-refractivity contribution < 1.29 is 4.40 Å². The van der Waals surface area contributed by atoms with Crippen LogP contribution in [0.2, 0.25) is 0 Å². The van der Waals surface area contributed by atoms with Gasteiger partial charge in [0.05, 0.1) is 0 Å². The summed E-state index contributed by atoms with van der Waals surface area (Å²) in [5.41, 5.74) is 8.90. The van der Waals surface area contributed by atoms with Crippen LogP contribution in [0.3, 0.4) is 0 Å². The Morgan fingerprint density at radius 3 is 3.00 bits per heavy atom. The number of nitrogen functional groups attached to an aromatic ring is 1. The van der Waals surface area contributed by atoms with Gasteiger partial charge in [0.15, 0.2) is 12.4 Å². The van der Waals surface area contributed by atoms with Crippen molar-refractivity contribution >= 4 is 11.2 Å². The van der Waals surface area contributed by atoms with Gasteiger partial charge in [0.2, 0.25) is 5.52 Å². The van der Waals surface area contributed by atoms with E-state index in [9.17, 15) is 0 Å². The average molecular weight is 159 g/mol. The van der Waals surface area contributed by atoms with E-state index in [4.69, 9.17) is 5.73 Å². The van der Waals surface area contributed by atoms with E-state index in [1.807, 2.05) is 41.8 Å². The first kappa shape index (κ1) is 7.10. The Hall–Kier alpha value is -1.57. The Morgan fingerprint density at radius 2 is 2.17 bits per heavy atom. The van der Waals surface area contributed by atoms with Crippen LogP contribution in [0.15, 0.2) is 36.7 Å². The summed E-state index contributed by atoms with van der Waals surface area (Å²) in [5, 5.41) is 0. The van der Waals surface area contributed by atoms with Crippen LogP contribution in [0.1, 0.15) is 5.56 Å². The van der Waals surface area contributed by atoms with Gasteiger partial charge in [-0.3, -0.25) is 0 Å². The van der Waals surface area contributed by atoms with Crippen LogP contribution in [-0.2, 0) is 0 Å². The number of hydrogen-bond donors (Lipinski definition) is 1. The van der Waals surface area contributed by atoms with Gasteiger partial charge >= 0.3 is 0 Å². The molecule has 2 heteroatoms. The molecule has 2 aromatic rings. The van der Waals surface area contributed by atoms with Crippen molar-refractivity contribution in [2.75, 3.05) is 5.73 Å². The molecule has 0 amide bonds. The minimum atomic E-state index is 0.829. The number of aryl methyl sites for hydroxylation is 1. The van der Waals surface area contributed by atoms with Crippen LogP contribution in [0, 0.1) is 6.92 Å². The van der Waals surface area contributed by atoms with Crippen LogP contribution in [0.4, 0.5) is 5.69 Å². The highest BCUT2D eigenvalue weighted by Crippen LogP contribution is 2.09. The molecule has 0 saturated carbocycles. The first-order valence-electron chi connectivity index (χ1n) is 3.93. The van der Waals surface area contributed by atoms with E-state index in [-0.39, 0.29) is 0 Å². The normalized spacial score (nSPS) is 10.4. The zero-order valence-electron chi connectivity index (χ0n) is 6.99. The van der Waals surface area contributed by atoms with E-state index >= 15 is 0 Å². The van der Waals surface area contributed by atoms with Crippen LogP contribution >= 0.6 is 0 Å². The molecule has 0 radical (unpaired) electrons. The number of nitrogens with zero attached hydrogens (tertiary/aromatic N) is 1. The molecular weight excluding hydrogens is 148 g/mol. The Labute approximate surface area is 71.3 Å². The van der Waals surface area contributed by atoms with E-state index in [1.54, 1.807) is 0 Å². The summed E-state index contributed by atoms with van der Waals surface area (Å²) in [4.78, 5) is 0. The highest BCUT2D eigenvalue weighted by Gasteiger charge is 2.04. The maximum absolute atomic E-state index is 5.84. The summed E-state index contributed by atoms with van der Waals surface area (Å²) in [6, 6.07) is 7.97. The zero-order valence-corrected chi connectivity index (χ0v) is 6.99. The SMILES string of the molecule is Cc1cc(N)c2cccc[n+]2c1. The molecule has 2 N–H and O–H groups in total. The third-order valence-electron chi connectivity index (χ3n) is 1.91. The molecule has 0 bridgehead atoms. The summed E-state index contributed by atoms with van der Waals surface area (Å²) in [6.07, 6.45) is 4.06. The molecule has 12 heavy (non-hydrogen) atoms. The van der Waals surface area contributed by atoms with Gasteiger partial charge in [0, 0.05) is 17.7 Å². The van der Waals surface area contributed by atoms with Gasteiger partial charge in [-0.2, -0.15) is 4.40 Å². The highest BCUT2D eigenvalue weighted by molar-refractivity contribution is 5.64. The topological polar surface area (TPSA) is 30.1 Å². The van der Waals surface area contributed by atoms with Gasteiger partial charge in [-0.15, -0.1) is 0 Å². The Kier molecular flexibility index (Phi) is 1.47. The molecule has 0 atom stereocenters. The second-order valence-corrected chi connectivity index (χ2v) is 2.97. The number of pyridine rings is 2. The second-order valence-electron chi connectivity index (χ2n) is 2.97. The van der Waals surface area contributed by atoms with Crippen LogP contribution in [0.25, 0.3) is 5.52 Å². The maximum Gasteiger partial charge on any atom is 0.233 e. The number of nitrogens with two attached hydrogens (primary N) is 1. The molecule has 2 rings (SSSR count). The number of fused-ring (bicyclic) bond motifs is 1. The first-order chi connectivity index (χ1) is 5.77. The fourth-order valence-corrected chi connectivity index (χ4v) is 1.39. The summed E-state index contributed by atoms with van der Waals surface area (Å²) < 4.78 is 2.03. The summed E-state index contributed by atoms with van der Waals surface area (Å²) >= 11 is 0. The number of aromatic nitrogens is 1. The summed E-state index contributed by atoms with van der Waals surface area (Å²) in [5.74, 6) is 0. The van der Waals surface area contributed by atoms with Crippen molar-refractivity contribution in [2.24, 2.45) is 0 Å². The monoisotopic (exact) mass is 159 g/mol. The van der Waals surface area contributed by atoms with Gasteiger partial charge in [-0.25, -0.2) is 0 Å². The van der Waals surface area contributed by atoms with E-state index in [0.717, 1.165) is 11.2 Å². The molecule has 2 aromatic heterocycles. The third-order valence-corrected chi connectivity index (χ3v) is 1.91. The quantitative estimate of drug-likeness (QED) is 0.577. The van der Waals surface area contributed by atoms with Crippen molar-refractivity contribution in [1.29, 1.82) is 0 Å². The number of rotatable bonds is 0. The lowest BCUT2D eigenvalue weighted by Crippen LogP contribution is -2.21. The molecule has 0 aliphatic carbocycles. The van der Waals surface area contributed by atoms with E-state index < -0.39 is 0 Å². The zero-order chi connectivity index (χ0) is 8.55. The van der Waals surface area contributed by atoms with Crippen molar-refractivity contribution in [1.82, 2.24) is 0 Å². The minimum Gasteiger partial charge on any atom is -0.393 e. The van der Waals surface area contributed by atoms with Crippen molar-refractivity contribution in [3.63, 3.8) is 0 Å². The second kappa shape index (κ2) is 2.48. The summed E-state index contributed by atoms with van der Waals surface area (Å²) in [6.45, 7) is 2.04. The Morgan fingerprint density at radius 1 is 1.33 bits per heavy atom. The molecule has 0 saturated heterocycles. The molecule has 0 fully saturated rings. The molecule has 0 spiro atoms. The van der Waals surface area contributed by atoms with Gasteiger partial charge in [-0.05, 0) is 19.1 Å². The van der Waals surface area contributed by atoms with E-state index in [0.29, 0.717) is 0 Å². The predicted molar refractivity (Wildman–Crippen MR) is 48.8 cm³/mol. The van der Waals surface area contributed by atoms with Gasteiger partial charge in [0.1, 0.15) is 5.69 Å². The molecule has 0 unspecified atom stereocenters. The smallest absolute Gasteiger partial charge is 0.233 e. The third kappa shape index (κ3) is 1.01. The Balaban J connectivity index is 2.89. The van der Waals surface area contributed by atoms with E-state index in [1.165, 1.54) is 5.56 Å². The van der Waals surface area contributed by atoms with Crippen molar-refractivity contribution in [3.8, 4) is 0 Å². The van der Waals surface area contributed by atoms with Crippen LogP contribution < -0.4 is 10.1 Å². The lowest BCUT2D eigenvalue weighted by molar-refractivity contribution is -0.511. The molecule has 60 valence electrons. The highest BCUT2D eigenvalue weighted by atomic mass is 14.9. The lowest BCUT2D eigenvalue weighted by Gasteiger charge is -1.95. The van der Waals surface area contributed by atoms with Gasteiger partial charge in [-0.1, -0.05) is 0 Å². The van der Waals surface area contributed by atoms with E-state index in [2.05, 4.69) is 6.20 Å². The van der Waals surface area contributed by atoms with Crippen molar-refractivity contribution in [2.45, 2.75) is 6.92 Å². The largest absolute Gasteiger partial charge is 0.393 e. The van der Waals surface area contributed by atoms with Crippen LogP contribution in [-0.4, -0.2) is 0 Å². The molecular formula is C10H11N2+. The number of hydrogen-bond acceptors (Lipinski definition) is 1. The van der Waals surface area contributed by atoms with Crippen LogP contribution in [0.5, 0.6) is 0 Å². The Bertz CT molecular complexity index is 421. The molecule has 2 nitrogen and oxygen atoms in total. The fraction of sp³-hybridized carbons (Fsp3) is 0.100. The average Bonchev–Trinajstić information content (AvgIpc) is 2.04. The maximum atomic E-state index is 5.84. The van der Waals surface area contributed by atoms with Gasteiger partial charge in [0.25, 0.3) is 0 Å². The fourth-order valence-electron chi connectivity index (χ4n) is 1.39. The number of anilines is 1. The van der Waals surface area contributed by atoms with Crippen molar-refractivity contribution in [3.05, 3.63) is 42.2 Å². The standard InChI is InChI=1S/C10H11N2/c1-8-6-9(11)10-4-2-3-5-12(10)7-8/h2-7H,11H2,1H3/q+1. The first-order valence-corrected chi connectivity index (χ1v) is 3.93. The lowest BCUT2D eigenvalue weighted by atomic mass is 10.2. The molecule has 2 heterocycles. The molecule has 0 aromatic carbocycles. The molecule has 0 aliphatic heterocycles. The minimum absolute atomic E-state index is 0.829. The summed E-state index contributed by atoms with van der Waals surface area (Å²) in [7, 11) is 0. The molecule has 0 aliphatic rings.